The van der Waals surface area contributed by atoms with E-state index in [1.54, 1.807) is 17.5 Å². The van der Waals surface area contributed by atoms with Crippen LogP contribution >= 0.6 is 11.3 Å². The molecule has 80 valence electrons. The summed E-state index contributed by atoms with van der Waals surface area (Å²) in [5, 5.41) is 1.10. The first-order chi connectivity index (χ1) is 7.22. The van der Waals surface area contributed by atoms with Gasteiger partial charge in [-0.05, 0) is 13.8 Å². The Morgan fingerprint density at radius 2 is 2.33 bits per heavy atom. The summed E-state index contributed by atoms with van der Waals surface area (Å²) in [5.74, 6) is 0. The van der Waals surface area contributed by atoms with E-state index in [9.17, 15) is 0 Å². The summed E-state index contributed by atoms with van der Waals surface area (Å²) in [6, 6.07) is 0.213. The van der Waals surface area contributed by atoms with E-state index in [0.29, 0.717) is 6.54 Å². The lowest BCUT2D eigenvalue weighted by atomic mass is 10.3. The molecule has 2 heterocycles. The maximum Gasteiger partial charge on any atom is 0.115 e. The van der Waals surface area contributed by atoms with Gasteiger partial charge in [0.2, 0.25) is 0 Å². The van der Waals surface area contributed by atoms with Crippen molar-refractivity contribution in [1.29, 1.82) is 0 Å². The van der Waals surface area contributed by atoms with Crippen LogP contribution in [-0.4, -0.2) is 14.5 Å². The number of aryl methyl sites for hydroxylation is 1. The van der Waals surface area contributed by atoms with E-state index in [1.807, 2.05) is 12.5 Å². The maximum absolute atomic E-state index is 5.64. The molecule has 0 aliphatic heterocycles. The maximum atomic E-state index is 5.64. The average Bonchev–Trinajstić information content (AvgIpc) is 2.84. The van der Waals surface area contributed by atoms with Crippen LogP contribution in [0.2, 0.25) is 0 Å². The van der Waals surface area contributed by atoms with E-state index >= 15 is 0 Å². The molecule has 2 N–H and O–H groups in total. The van der Waals surface area contributed by atoms with Gasteiger partial charge in [0.05, 0.1) is 18.1 Å². The van der Waals surface area contributed by atoms with Crippen LogP contribution in [0.25, 0.3) is 0 Å². The lowest BCUT2D eigenvalue weighted by Crippen LogP contribution is -2.11. The van der Waals surface area contributed by atoms with Crippen LogP contribution in [0.1, 0.15) is 28.5 Å². The standard InChI is InChI=1S/C10H14N4S/c1-7-4-13-10(15-7)8(2)14-6-12-5-9(14)3-11/h4-6,8H,3,11H2,1-2H3. The van der Waals surface area contributed by atoms with Crippen LogP contribution in [0.5, 0.6) is 0 Å². The lowest BCUT2D eigenvalue weighted by Gasteiger charge is -2.12. The van der Waals surface area contributed by atoms with E-state index in [2.05, 4.69) is 28.4 Å². The molecule has 0 aliphatic carbocycles. The largest absolute Gasteiger partial charge is 0.325 e. The minimum atomic E-state index is 0.213. The van der Waals surface area contributed by atoms with E-state index < -0.39 is 0 Å². The number of imidazole rings is 1. The molecule has 0 spiro atoms. The summed E-state index contributed by atoms with van der Waals surface area (Å²) in [4.78, 5) is 9.71. The number of nitrogens with zero attached hydrogens (tertiary/aromatic N) is 3. The van der Waals surface area contributed by atoms with Gasteiger partial charge in [0.15, 0.2) is 0 Å². The fourth-order valence-electron chi connectivity index (χ4n) is 1.52. The third kappa shape index (κ3) is 1.93. The SMILES string of the molecule is Cc1cnc(C(C)n2cncc2CN)s1. The van der Waals surface area contributed by atoms with Gasteiger partial charge >= 0.3 is 0 Å². The second-order valence-electron chi connectivity index (χ2n) is 3.48. The number of thiazole rings is 1. The second-order valence-corrected chi connectivity index (χ2v) is 4.75. The summed E-state index contributed by atoms with van der Waals surface area (Å²) in [7, 11) is 0. The quantitative estimate of drug-likeness (QED) is 0.860. The van der Waals surface area contributed by atoms with Crippen LogP contribution in [-0.2, 0) is 6.54 Å². The zero-order valence-corrected chi connectivity index (χ0v) is 9.66. The number of nitrogens with two attached hydrogens (primary N) is 1. The Bertz CT molecular complexity index is 446. The van der Waals surface area contributed by atoms with Gasteiger partial charge in [-0.1, -0.05) is 0 Å². The highest BCUT2D eigenvalue weighted by molar-refractivity contribution is 7.11. The van der Waals surface area contributed by atoms with Crippen molar-refractivity contribution in [3.05, 3.63) is 34.3 Å². The Kier molecular flexibility index (Phi) is 2.83. The van der Waals surface area contributed by atoms with Crippen molar-refractivity contribution in [1.82, 2.24) is 14.5 Å². The molecule has 0 saturated carbocycles. The molecule has 5 heteroatoms. The predicted molar refractivity (Wildman–Crippen MR) is 60.8 cm³/mol. The highest BCUT2D eigenvalue weighted by Gasteiger charge is 2.13. The molecule has 0 bridgehead atoms. The molecular formula is C10H14N4S. The predicted octanol–water partition coefficient (Wildman–Crippen LogP) is 1.72. The zero-order chi connectivity index (χ0) is 10.8. The average molecular weight is 222 g/mol. The topological polar surface area (TPSA) is 56.7 Å². The first-order valence-electron chi connectivity index (χ1n) is 4.85. The van der Waals surface area contributed by atoms with Crippen LogP contribution in [0.4, 0.5) is 0 Å². The van der Waals surface area contributed by atoms with Crippen molar-refractivity contribution in [2.75, 3.05) is 0 Å². The van der Waals surface area contributed by atoms with Crippen molar-refractivity contribution in [2.45, 2.75) is 26.4 Å². The van der Waals surface area contributed by atoms with E-state index in [-0.39, 0.29) is 6.04 Å². The van der Waals surface area contributed by atoms with Crippen molar-refractivity contribution in [2.24, 2.45) is 5.73 Å². The number of aromatic nitrogens is 3. The summed E-state index contributed by atoms with van der Waals surface area (Å²) in [6.07, 6.45) is 5.51. The first kappa shape index (κ1) is 10.3. The summed E-state index contributed by atoms with van der Waals surface area (Å²) in [6.45, 7) is 4.68. The Hall–Kier alpha value is -1.20. The smallest absolute Gasteiger partial charge is 0.115 e. The van der Waals surface area contributed by atoms with Gasteiger partial charge < -0.3 is 10.3 Å². The molecule has 0 saturated heterocycles. The molecule has 4 nitrogen and oxygen atoms in total. The van der Waals surface area contributed by atoms with Crippen LogP contribution in [0.3, 0.4) is 0 Å². The molecule has 0 aliphatic rings. The lowest BCUT2D eigenvalue weighted by molar-refractivity contribution is 0.605. The Morgan fingerprint density at radius 3 is 2.93 bits per heavy atom. The van der Waals surface area contributed by atoms with Crippen LogP contribution in [0, 0.1) is 6.92 Å². The molecule has 1 unspecified atom stereocenters. The molecule has 0 amide bonds. The molecule has 0 fully saturated rings. The molecule has 2 aromatic rings. The van der Waals surface area contributed by atoms with Gasteiger partial charge in [-0.2, -0.15) is 0 Å². The Labute approximate surface area is 92.8 Å². The molecule has 0 aromatic carbocycles. The highest BCUT2D eigenvalue weighted by atomic mass is 32.1. The molecule has 15 heavy (non-hydrogen) atoms. The molecule has 1 atom stereocenters. The third-order valence-electron chi connectivity index (χ3n) is 2.37. The monoisotopic (exact) mass is 222 g/mol. The van der Waals surface area contributed by atoms with E-state index in [0.717, 1.165) is 10.7 Å². The summed E-state index contributed by atoms with van der Waals surface area (Å²) < 4.78 is 2.07. The van der Waals surface area contributed by atoms with E-state index in [1.165, 1.54) is 4.88 Å². The minimum absolute atomic E-state index is 0.213. The highest BCUT2D eigenvalue weighted by Crippen LogP contribution is 2.23. The van der Waals surface area contributed by atoms with Gasteiger partial charge in [0, 0.05) is 23.8 Å². The third-order valence-corrected chi connectivity index (χ3v) is 3.45. The molecule has 0 radical (unpaired) electrons. The number of rotatable bonds is 3. The van der Waals surface area contributed by atoms with E-state index in [4.69, 9.17) is 5.73 Å². The van der Waals surface area contributed by atoms with Crippen molar-refractivity contribution in [3.8, 4) is 0 Å². The van der Waals surface area contributed by atoms with Gasteiger partial charge in [0.25, 0.3) is 0 Å². The fourth-order valence-corrected chi connectivity index (χ4v) is 2.35. The molecule has 2 rings (SSSR count). The van der Waals surface area contributed by atoms with Crippen molar-refractivity contribution >= 4 is 11.3 Å². The normalized spacial score (nSPS) is 13.0. The van der Waals surface area contributed by atoms with Crippen molar-refractivity contribution < 1.29 is 0 Å². The molecule has 2 aromatic heterocycles. The second kappa shape index (κ2) is 4.12. The first-order valence-corrected chi connectivity index (χ1v) is 5.67. The van der Waals surface area contributed by atoms with Crippen molar-refractivity contribution in [3.63, 3.8) is 0 Å². The molecular weight excluding hydrogens is 208 g/mol. The van der Waals surface area contributed by atoms with Gasteiger partial charge in [-0.15, -0.1) is 11.3 Å². The Morgan fingerprint density at radius 1 is 1.53 bits per heavy atom. The number of hydrogen-bond donors (Lipinski definition) is 1. The zero-order valence-electron chi connectivity index (χ0n) is 8.84. The summed E-state index contributed by atoms with van der Waals surface area (Å²) in [5.41, 5.74) is 6.68. The summed E-state index contributed by atoms with van der Waals surface area (Å²) >= 11 is 1.71. The number of hydrogen-bond acceptors (Lipinski definition) is 4. The van der Waals surface area contributed by atoms with Gasteiger partial charge in [-0.25, -0.2) is 9.97 Å². The van der Waals surface area contributed by atoms with Crippen LogP contribution in [0.15, 0.2) is 18.7 Å². The Balaban J connectivity index is 2.31. The van der Waals surface area contributed by atoms with Gasteiger partial charge in [0.1, 0.15) is 5.01 Å². The van der Waals surface area contributed by atoms with Crippen LogP contribution < -0.4 is 5.73 Å². The minimum Gasteiger partial charge on any atom is -0.325 e. The van der Waals surface area contributed by atoms with Gasteiger partial charge in [-0.3, -0.25) is 0 Å². The fraction of sp³-hybridized carbons (Fsp3) is 0.400.